The highest BCUT2D eigenvalue weighted by molar-refractivity contribution is 5.86. The Bertz CT molecular complexity index is 1440. The Hall–Kier alpha value is -4.39. The van der Waals surface area contributed by atoms with Gasteiger partial charge in [-0.25, -0.2) is 14.8 Å². The monoisotopic (exact) mass is 450 g/mol. The second-order valence-corrected chi connectivity index (χ2v) is 7.25. The van der Waals surface area contributed by atoms with E-state index in [-0.39, 0.29) is 22.7 Å². The maximum absolute atomic E-state index is 13.7. The standard InChI is InChI=1S/C23H17F3N6O/c1-13(31-21-19(28-2)20(27)29-12-30-21)17-11-14-7-6-10-16(23(24,25)26)18(14)22(33)32(17)15-8-4-3-5-9-15/h3-13H,1H3,(H3,27,29,30,31)/t13-/m0/s1. The first kappa shape index (κ1) is 21.8. The molecule has 7 nitrogen and oxygen atoms in total. The molecule has 0 aliphatic heterocycles. The van der Waals surface area contributed by atoms with Crippen LogP contribution < -0.4 is 16.6 Å². The van der Waals surface area contributed by atoms with E-state index >= 15 is 0 Å². The smallest absolute Gasteiger partial charge is 0.392 e. The van der Waals surface area contributed by atoms with Crippen LogP contribution in [-0.2, 0) is 6.18 Å². The van der Waals surface area contributed by atoms with Gasteiger partial charge in [0.25, 0.3) is 11.2 Å². The molecule has 33 heavy (non-hydrogen) atoms. The molecule has 2 aromatic carbocycles. The quantitative estimate of drug-likeness (QED) is 0.422. The zero-order chi connectivity index (χ0) is 23.8. The maximum Gasteiger partial charge on any atom is 0.417 e. The fourth-order valence-electron chi connectivity index (χ4n) is 3.67. The molecule has 0 spiro atoms. The minimum atomic E-state index is -4.69. The van der Waals surface area contributed by atoms with Crippen LogP contribution in [0.3, 0.4) is 0 Å². The molecule has 4 aromatic rings. The first-order valence-electron chi connectivity index (χ1n) is 9.78. The van der Waals surface area contributed by atoms with Crippen LogP contribution in [0.5, 0.6) is 0 Å². The highest BCUT2D eigenvalue weighted by Crippen LogP contribution is 2.35. The molecule has 0 saturated heterocycles. The number of rotatable bonds is 4. The molecule has 0 saturated carbocycles. The third-order valence-electron chi connectivity index (χ3n) is 5.15. The zero-order valence-corrected chi connectivity index (χ0v) is 17.3. The minimum Gasteiger partial charge on any atom is -0.392 e. The third kappa shape index (κ3) is 3.96. The van der Waals surface area contributed by atoms with Crippen LogP contribution in [0, 0.1) is 6.57 Å². The van der Waals surface area contributed by atoms with Gasteiger partial charge in [-0.1, -0.05) is 30.3 Å². The number of anilines is 2. The SMILES string of the molecule is [C-]#[N+]c1c(N)ncnc1N[C@@H](C)c1cc2cccc(C(F)(F)F)c2c(=O)n1-c1ccccc1. The minimum absolute atomic E-state index is 0.0107. The Labute approximate surface area is 186 Å². The van der Waals surface area contributed by atoms with Crippen molar-refractivity contribution >= 4 is 28.1 Å². The molecule has 0 radical (unpaired) electrons. The van der Waals surface area contributed by atoms with Crippen molar-refractivity contribution in [3.05, 3.63) is 94.0 Å². The summed E-state index contributed by atoms with van der Waals surface area (Å²) < 4.78 is 42.3. The van der Waals surface area contributed by atoms with Crippen molar-refractivity contribution in [2.75, 3.05) is 11.1 Å². The van der Waals surface area contributed by atoms with Gasteiger partial charge in [0.2, 0.25) is 0 Å². The van der Waals surface area contributed by atoms with Crippen molar-refractivity contribution in [3.63, 3.8) is 0 Å². The number of nitrogens with zero attached hydrogens (tertiary/aromatic N) is 4. The first-order chi connectivity index (χ1) is 15.7. The van der Waals surface area contributed by atoms with Crippen LogP contribution in [0.25, 0.3) is 21.3 Å². The van der Waals surface area contributed by atoms with Crippen LogP contribution in [0.4, 0.5) is 30.5 Å². The lowest BCUT2D eigenvalue weighted by Crippen LogP contribution is -2.27. The van der Waals surface area contributed by atoms with Gasteiger partial charge in [-0.3, -0.25) is 9.36 Å². The van der Waals surface area contributed by atoms with Crippen LogP contribution in [0.1, 0.15) is 24.2 Å². The molecule has 166 valence electrons. The Morgan fingerprint density at radius 1 is 1.12 bits per heavy atom. The van der Waals surface area contributed by atoms with Crippen molar-refractivity contribution in [3.8, 4) is 5.69 Å². The number of benzene rings is 2. The van der Waals surface area contributed by atoms with Crippen molar-refractivity contribution in [2.45, 2.75) is 19.1 Å². The summed E-state index contributed by atoms with van der Waals surface area (Å²) >= 11 is 0. The van der Waals surface area contributed by atoms with Crippen molar-refractivity contribution in [1.29, 1.82) is 0 Å². The van der Waals surface area contributed by atoms with Crippen molar-refractivity contribution in [2.24, 2.45) is 0 Å². The van der Waals surface area contributed by atoms with E-state index in [4.69, 9.17) is 12.3 Å². The lowest BCUT2D eigenvalue weighted by atomic mass is 10.0. The number of fused-ring (bicyclic) bond motifs is 1. The van der Waals surface area contributed by atoms with Gasteiger partial charge >= 0.3 is 6.18 Å². The van der Waals surface area contributed by atoms with Gasteiger partial charge in [-0.05, 0) is 36.6 Å². The van der Waals surface area contributed by atoms with Gasteiger partial charge in [0.15, 0.2) is 0 Å². The summed E-state index contributed by atoms with van der Waals surface area (Å²) in [4.78, 5) is 24.7. The molecular weight excluding hydrogens is 433 g/mol. The van der Waals surface area contributed by atoms with E-state index in [1.807, 2.05) is 0 Å². The number of alkyl halides is 3. The Kier molecular flexibility index (Phi) is 5.47. The van der Waals surface area contributed by atoms with Gasteiger partial charge in [0.05, 0.1) is 23.6 Å². The second-order valence-electron chi connectivity index (χ2n) is 7.25. The maximum atomic E-state index is 13.7. The number of para-hydroxylation sites is 1. The summed E-state index contributed by atoms with van der Waals surface area (Å²) in [6.07, 6.45) is -3.50. The van der Waals surface area contributed by atoms with E-state index in [0.717, 1.165) is 6.07 Å². The van der Waals surface area contributed by atoms with E-state index in [2.05, 4.69) is 20.1 Å². The number of nitrogens with two attached hydrogens (primary N) is 1. The van der Waals surface area contributed by atoms with Gasteiger partial charge in [-0.15, -0.1) is 0 Å². The lowest BCUT2D eigenvalue weighted by molar-refractivity contribution is -0.136. The molecule has 3 N–H and O–H groups in total. The third-order valence-corrected chi connectivity index (χ3v) is 5.15. The zero-order valence-electron chi connectivity index (χ0n) is 17.3. The second kappa shape index (κ2) is 8.27. The number of halogens is 3. The summed E-state index contributed by atoms with van der Waals surface area (Å²) in [5, 5.41) is 2.77. The van der Waals surface area contributed by atoms with Crippen LogP contribution in [-0.4, -0.2) is 14.5 Å². The highest BCUT2D eigenvalue weighted by atomic mass is 19.4. The summed E-state index contributed by atoms with van der Waals surface area (Å²) in [5.74, 6) is 0.143. The molecule has 0 fully saturated rings. The van der Waals surface area contributed by atoms with Gasteiger partial charge in [0.1, 0.15) is 18.0 Å². The van der Waals surface area contributed by atoms with Gasteiger partial charge in [-0.2, -0.15) is 13.2 Å². The number of nitrogen functional groups attached to an aromatic ring is 1. The molecule has 2 heterocycles. The lowest BCUT2D eigenvalue weighted by Gasteiger charge is -2.22. The molecule has 0 aliphatic rings. The van der Waals surface area contributed by atoms with Crippen LogP contribution in [0.2, 0.25) is 0 Å². The Morgan fingerprint density at radius 3 is 2.52 bits per heavy atom. The number of aromatic nitrogens is 3. The predicted molar refractivity (Wildman–Crippen MR) is 119 cm³/mol. The van der Waals surface area contributed by atoms with Gasteiger partial charge < -0.3 is 11.1 Å². The Morgan fingerprint density at radius 2 is 1.85 bits per heavy atom. The molecule has 0 unspecified atom stereocenters. The number of hydrogen-bond acceptors (Lipinski definition) is 5. The fourth-order valence-corrected chi connectivity index (χ4v) is 3.67. The summed E-state index contributed by atoms with van der Waals surface area (Å²) in [6, 6.07) is 12.9. The van der Waals surface area contributed by atoms with E-state index in [9.17, 15) is 18.0 Å². The molecule has 1 atom stereocenters. The Balaban J connectivity index is 1.98. The molecular formula is C23H17F3N6O. The first-order valence-corrected chi connectivity index (χ1v) is 9.78. The van der Waals surface area contributed by atoms with Crippen LogP contribution in [0.15, 0.2) is 65.7 Å². The summed E-state index contributed by atoms with van der Waals surface area (Å²) in [5.41, 5.74) is 4.75. The summed E-state index contributed by atoms with van der Waals surface area (Å²) in [6.45, 7) is 9.05. The highest BCUT2D eigenvalue weighted by Gasteiger charge is 2.34. The molecule has 0 amide bonds. The van der Waals surface area contributed by atoms with Gasteiger partial charge in [0, 0.05) is 11.4 Å². The average Bonchev–Trinajstić information content (AvgIpc) is 2.78. The average molecular weight is 450 g/mol. The molecule has 2 aromatic heterocycles. The number of pyridine rings is 1. The van der Waals surface area contributed by atoms with E-state index in [0.29, 0.717) is 11.4 Å². The number of hydrogen-bond donors (Lipinski definition) is 2. The molecule has 10 heteroatoms. The van der Waals surface area contributed by atoms with E-state index in [1.54, 1.807) is 37.3 Å². The molecule has 0 bridgehead atoms. The molecule has 4 rings (SSSR count). The van der Waals surface area contributed by atoms with E-state index in [1.165, 1.54) is 29.1 Å². The molecule has 0 aliphatic carbocycles. The van der Waals surface area contributed by atoms with Crippen molar-refractivity contribution < 1.29 is 13.2 Å². The normalized spacial score (nSPS) is 12.3. The number of nitrogens with one attached hydrogen (secondary N) is 1. The fraction of sp³-hybridized carbons (Fsp3) is 0.130. The largest absolute Gasteiger partial charge is 0.417 e. The predicted octanol–water partition coefficient (Wildman–Crippen LogP) is 5.11. The topological polar surface area (TPSA) is 90.2 Å². The van der Waals surface area contributed by atoms with Crippen molar-refractivity contribution in [1.82, 2.24) is 14.5 Å². The summed E-state index contributed by atoms with van der Waals surface area (Å²) in [7, 11) is 0. The van der Waals surface area contributed by atoms with Crippen LogP contribution >= 0.6 is 0 Å². The van der Waals surface area contributed by atoms with E-state index < -0.39 is 28.7 Å².